The topological polar surface area (TPSA) is 86.8 Å². The summed E-state index contributed by atoms with van der Waals surface area (Å²) in [6.45, 7) is 3.13. The molecule has 0 bridgehead atoms. The predicted molar refractivity (Wildman–Crippen MR) is 184 cm³/mol. The normalized spacial score (nSPS) is 12.6. The van der Waals surface area contributed by atoms with Crippen molar-refractivity contribution >= 4 is 66.7 Å². The second-order valence-corrected chi connectivity index (χ2v) is 14.1. The van der Waals surface area contributed by atoms with Gasteiger partial charge in [0.15, 0.2) is 0 Å². The lowest BCUT2D eigenvalue weighted by Crippen LogP contribution is -2.54. The first-order chi connectivity index (χ1) is 21.5. The summed E-state index contributed by atoms with van der Waals surface area (Å²) in [6.07, 6.45) is 0.862. The summed E-state index contributed by atoms with van der Waals surface area (Å²) in [7, 11) is -4.19. The third-order valence-electron chi connectivity index (χ3n) is 7.39. The highest BCUT2D eigenvalue weighted by Gasteiger charge is 2.35. The van der Waals surface area contributed by atoms with Crippen LogP contribution < -0.4 is 9.62 Å². The Hall–Kier alpha value is -3.37. The lowest BCUT2D eigenvalue weighted by Gasteiger charge is -2.34. The molecule has 0 saturated carbocycles. The van der Waals surface area contributed by atoms with Crippen LogP contribution in [0.1, 0.15) is 31.4 Å². The molecule has 0 unspecified atom stereocenters. The summed E-state index contributed by atoms with van der Waals surface area (Å²) in [5.41, 5.74) is 1.56. The summed E-state index contributed by atoms with van der Waals surface area (Å²) in [4.78, 5) is 29.9. The lowest BCUT2D eigenvalue weighted by molar-refractivity contribution is -0.140. The Morgan fingerprint density at radius 3 is 2.00 bits per heavy atom. The van der Waals surface area contributed by atoms with E-state index in [1.807, 2.05) is 44.2 Å². The van der Waals surface area contributed by atoms with Gasteiger partial charge in [0, 0.05) is 39.1 Å². The standard InChI is InChI=1S/C34H34BrCl2N3O4S/c1-3-24(2)38-34(42)32(21-25-11-6-4-7-12-25)39(22-29-30(36)15-10-16-31(29)37)33(41)23-40(27-19-17-26(35)18-20-27)45(43,44)28-13-8-5-9-14-28/h4-20,24,32H,3,21-23H2,1-2H3,(H,38,42)/t24-,32+/m1/s1. The van der Waals surface area contributed by atoms with Crippen LogP contribution in [-0.2, 0) is 32.6 Å². The largest absolute Gasteiger partial charge is 0.352 e. The van der Waals surface area contributed by atoms with Crippen molar-refractivity contribution in [1.82, 2.24) is 10.2 Å². The molecule has 1 N–H and O–H groups in total. The minimum Gasteiger partial charge on any atom is -0.352 e. The van der Waals surface area contributed by atoms with Gasteiger partial charge in [-0.2, -0.15) is 0 Å². The van der Waals surface area contributed by atoms with Crippen molar-refractivity contribution in [1.29, 1.82) is 0 Å². The number of nitrogens with zero attached hydrogens (tertiary/aromatic N) is 2. The van der Waals surface area contributed by atoms with Crippen molar-refractivity contribution in [3.63, 3.8) is 0 Å². The van der Waals surface area contributed by atoms with Crippen molar-refractivity contribution in [2.24, 2.45) is 0 Å². The average Bonchev–Trinajstić information content (AvgIpc) is 3.04. The Balaban J connectivity index is 1.83. The molecule has 4 aromatic carbocycles. The van der Waals surface area contributed by atoms with E-state index in [-0.39, 0.29) is 35.5 Å². The fourth-order valence-electron chi connectivity index (χ4n) is 4.70. The van der Waals surface area contributed by atoms with Crippen LogP contribution >= 0.6 is 39.1 Å². The number of nitrogens with one attached hydrogen (secondary N) is 1. The number of benzene rings is 4. The van der Waals surface area contributed by atoms with Gasteiger partial charge in [-0.15, -0.1) is 0 Å². The van der Waals surface area contributed by atoms with Crippen LogP contribution in [0.25, 0.3) is 0 Å². The van der Waals surface area contributed by atoms with Gasteiger partial charge in [-0.25, -0.2) is 8.42 Å². The van der Waals surface area contributed by atoms with E-state index in [0.717, 1.165) is 14.3 Å². The molecule has 0 spiro atoms. The SMILES string of the molecule is CC[C@@H](C)NC(=O)[C@H](Cc1ccccc1)N(Cc1c(Cl)cccc1Cl)C(=O)CN(c1ccc(Br)cc1)S(=O)(=O)c1ccccc1. The Kier molecular flexibility index (Phi) is 12.1. The van der Waals surface area contributed by atoms with Crippen molar-refractivity contribution in [2.45, 2.75) is 50.2 Å². The molecule has 11 heteroatoms. The van der Waals surface area contributed by atoms with E-state index >= 15 is 0 Å². The lowest BCUT2D eigenvalue weighted by atomic mass is 10.0. The monoisotopic (exact) mass is 729 g/mol. The molecule has 0 aliphatic rings. The number of anilines is 1. The first-order valence-corrected chi connectivity index (χ1v) is 17.4. The van der Waals surface area contributed by atoms with E-state index in [1.54, 1.807) is 60.7 Å². The van der Waals surface area contributed by atoms with E-state index in [9.17, 15) is 18.0 Å². The van der Waals surface area contributed by atoms with E-state index < -0.39 is 28.5 Å². The molecule has 0 fully saturated rings. The highest BCUT2D eigenvalue weighted by Crippen LogP contribution is 2.29. The minimum absolute atomic E-state index is 0.0248. The highest BCUT2D eigenvalue weighted by molar-refractivity contribution is 9.10. The maximum Gasteiger partial charge on any atom is 0.264 e. The van der Waals surface area contributed by atoms with E-state index in [1.165, 1.54) is 17.0 Å². The molecule has 45 heavy (non-hydrogen) atoms. The molecule has 0 aliphatic carbocycles. The molecule has 0 aromatic heterocycles. The summed E-state index contributed by atoms with van der Waals surface area (Å²) in [6, 6.07) is 27.7. The second kappa shape index (κ2) is 15.8. The molecule has 0 saturated heterocycles. The number of hydrogen-bond acceptors (Lipinski definition) is 4. The van der Waals surface area contributed by atoms with Crippen molar-refractivity contribution in [3.8, 4) is 0 Å². The van der Waals surface area contributed by atoms with Gasteiger partial charge < -0.3 is 10.2 Å². The molecule has 236 valence electrons. The first-order valence-electron chi connectivity index (χ1n) is 14.4. The minimum atomic E-state index is -4.19. The van der Waals surface area contributed by atoms with E-state index in [0.29, 0.717) is 22.0 Å². The van der Waals surface area contributed by atoms with Crippen molar-refractivity contribution < 1.29 is 18.0 Å². The molecular weight excluding hydrogens is 697 g/mol. The van der Waals surface area contributed by atoms with Crippen LogP contribution in [0.4, 0.5) is 5.69 Å². The zero-order valence-electron chi connectivity index (χ0n) is 24.9. The summed E-state index contributed by atoms with van der Waals surface area (Å²) >= 11 is 16.5. The Morgan fingerprint density at radius 1 is 0.844 bits per heavy atom. The van der Waals surface area contributed by atoms with Gasteiger partial charge >= 0.3 is 0 Å². The zero-order valence-corrected chi connectivity index (χ0v) is 28.8. The van der Waals surface area contributed by atoms with E-state index in [2.05, 4.69) is 21.2 Å². The van der Waals surface area contributed by atoms with Gasteiger partial charge in [0.25, 0.3) is 10.0 Å². The van der Waals surface area contributed by atoms with Crippen LogP contribution in [0.15, 0.2) is 112 Å². The average molecular weight is 732 g/mol. The van der Waals surface area contributed by atoms with Crippen LogP contribution in [0.5, 0.6) is 0 Å². The molecule has 0 aliphatic heterocycles. The fraction of sp³-hybridized carbons (Fsp3) is 0.235. The number of rotatable bonds is 13. The van der Waals surface area contributed by atoms with E-state index in [4.69, 9.17) is 23.2 Å². The molecule has 4 rings (SSSR count). The fourth-order valence-corrected chi connectivity index (χ4v) is 6.92. The van der Waals surface area contributed by atoms with Gasteiger partial charge in [0.2, 0.25) is 11.8 Å². The maximum atomic E-state index is 14.5. The number of halogens is 3. The van der Waals surface area contributed by atoms with Gasteiger partial charge in [0.05, 0.1) is 10.6 Å². The zero-order chi connectivity index (χ0) is 32.6. The number of hydrogen-bond donors (Lipinski definition) is 1. The van der Waals surface area contributed by atoms with Crippen LogP contribution in [-0.4, -0.2) is 43.8 Å². The number of amides is 2. The molecule has 0 radical (unpaired) electrons. The molecule has 2 amide bonds. The molecular formula is C34H34BrCl2N3O4S. The third-order valence-corrected chi connectivity index (χ3v) is 10.4. The van der Waals surface area contributed by atoms with Crippen molar-refractivity contribution in [2.75, 3.05) is 10.8 Å². The summed E-state index contributed by atoms with van der Waals surface area (Å²) < 4.78 is 29.9. The Morgan fingerprint density at radius 2 is 1.42 bits per heavy atom. The van der Waals surface area contributed by atoms with Crippen LogP contribution in [0, 0.1) is 0 Å². The number of carbonyl (C=O) groups excluding carboxylic acids is 2. The number of carbonyl (C=O) groups is 2. The predicted octanol–water partition coefficient (Wildman–Crippen LogP) is 7.51. The summed E-state index contributed by atoms with van der Waals surface area (Å²) in [5.74, 6) is -0.973. The molecule has 7 nitrogen and oxygen atoms in total. The van der Waals surface area contributed by atoms with Gasteiger partial charge in [-0.05, 0) is 67.4 Å². The van der Waals surface area contributed by atoms with Gasteiger partial charge in [0.1, 0.15) is 12.6 Å². The Labute approximate surface area is 283 Å². The highest BCUT2D eigenvalue weighted by atomic mass is 79.9. The summed E-state index contributed by atoms with van der Waals surface area (Å²) in [5, 5.41) is 3.66. The van der Waals surface area contributed by atoms with Gasteiger partial charge in [-0.1, -0.05) is 101 Å². The Bertz CT molecular complexity index is 1690. The van der Waals surface area contributed by atoms with Crippen molar-refractivity contribution in [3.05, 3.63) is 129 Å². The maximum absolute atomic E-state index is 14.5. The van der Waals surface area contributed by atoms with Crippen LogP contribution in [0.3, 0.4) is 0 Å². The number of sulfonamides is 1. The quantitative estimate of drug-likeness (QED) is 0.154. The smallest absolute Gasteiger partial charge is 0.264 e. The van der Waals surface area contributed by atoms with Gasteiger partial charge in [-0.3, -0.25) is 13.9 Å². The molecule has 0 heterocycles. The molecule has 4 aromatic rings. The third kappa shape index (κ3) is 8.88. The molecule has 2 atom stereocenters. The van der Waals surface area contributed by atoms with Crippen LogP contribution in [0.2, 0.25) is 10.0 Å². The first kappa shape index (κ1) is 34.5. The second-order valence-electron chi connectivity index (χ2n) is 10.5.